The van der Waals surface area contributed by atoms with Crippen molar-refractivity contribution in [2.75, 3.05) is 14.2 Å². The fourth-order valence-corrected chi connectivity index (χ4v) is 5.35. The number of methoxy groups -OCH3 is 1. The van der Waals surface area contributed by atoms with Crippen molar-refractivity contribution in [1.82, 2.24) is 9.80 Å². The number of halogens is 2. The Balaban J connectivity index is 1.48. The van der Waals surface area contributed by atoms with Crippen molar-refractivity contribution in [2.45, 2.75) is 19.1 Å². The molecule has 224 valence electrons. The minimum Gasteiger partial charge on any atom is -0.497 e. The first-order valence-electron chi connectivity index (χ1n) is 13.7. The lowest BCUT2D eigenvalue weighted by Crippen LogP contribution is -2.36. The predicted molar refractivity (Wildman–Crippen MR) is 172 cm³/mol. The van der Waals surface area contributed by atoms with Crippen molar-refractivity contribution in [3.05, 3.63) is 135 Å². The first kappa shape index (κ1) is 30.7. The van der Waals surface area contributed by atoms with E-state index in [0.29, 0.717) is 35.2 Å². The number of guanidine groups is 1. The summed E-state index contributed by atoms with van der Waals surface area (Å²) in [5.74, 6) is 0.654. The van der Waals surface area contributed by atoms with Gasteiger partial charge in [0.1, 0.15) is 18.1 Å². The summed E-state index contributed by atoms with van der Waals surface area (Å²) < 4.78 is 11.2. The van der Waals surface area contributed by atoms with E-state index in [1.165, 1.54) is 18.2 Å². The molecular formula is C34H29Cl2N3O5. The van der Waals surface area contributed by atoms with E-state index in [2.05, 4.69) is 4.99 Å². The van der Waals surface area contributed by atoms with Crippen LogP contribution in [0.1, 0.15) is 27.0 Å². The Labute approximate surface area is 265 Å². The molecule has 1 aliphatic rings. The highest BCUT2D eigenvalue weighted by Gasteiger charge is 2.42. The Hall–Kier alpha value is -4.79. The van der Waals surface area contributed by atoms with Crippen molar-refractivity contribution in [2.24, 2.45) is 4.99 Å². The molecular weight excluding hydrogens is 601 g/mol. The molecule has 0 aromatic heterocycles. The molecule has 0 saturated carbocycles. The number of hydrogen-bond acceptors (Lipinski definition) is 4. The van der Waals surface area contributed by atoms with E-state index < -0.39 is 18.0 Å². The molecule has 44 heavy (non-hydrogen) atoms. The van der Waals surface area contributed by atoms with E-state index >= 15 is 0 Å². The molecule has 4 aromatic carbocycles. The number of carbonyl (C=O) groups excluding carboxylic acids is 1. The van der Waals surface area contributed by atoms with E-state index in [1.807, 2.05) is 66.7 Å². The number of ether oxygens (including phenoxy) is 2. The van der Waals surface area contributed by atoms with Crippen molar-refractivity contribution in [3.63, 3.8) is 0 Å². The molecule has 2 amide bonds. The van der Waals surface area contributed by atoms with Crippen LogP contribution in [-0.4, -0.2) is 53.1 Å². The summed E-state index contributed by atoms with van der Waals surface area (Å²) >= 11 is 12.3. The van der Waals surface area contributed by atoms with Crippen molar-refractivity contribution in [1.29, 1.82) is 0 Å². The fraction of sp³-hybridized carbons (Fsp3) is 0.147. The van der Waals surface area contributed by atoms with Crippen LogP contribution in [0.4, 0.5) is 4.79 Å². The van der Waals surface area contributed by atoms with Crippen LogP contribution in [0.5, 0.6) is 11.5 Å². The quantitative estimate of drug-likeness (QED) is 0.215. The van der Waals surface area contributed by atoms with Crippen LogP contribution in [0.25, 0.3) is 6.08 Å². The highest BCUT2D eigenvalue weighted by molar-refractivity contribution is 6.37. The Morgan fingerprint density at radius 1 is 0.909 bits per heavy atom. The summed E-state index contributed by atoms with van der Waals surface area (Å²) in [7, 11) is 3.29. The SMILES string of the molecule is COc1ccc(C=C2C(Cc3ccc(OCc4ccccc4)cc3)N(C)C(=NC(=O)c3ccc(Cl)cc3Cl)N2C(=O)O)cc1. The number of amides is 2. The lowest BCUT2D eigenvalue weighted by molar-refractivity contribution is 0.100. The topological polar surface area (TPSA) is 91.7 Å². The fourth-order valence-electron chi connectivity index (χ4n) is 4.86. The molecule has 1 N–H and O–H groups in total. The molecule has 0 bridgehead atoms. The van der Waals surface area contributed by atoms with Crippen molar-refractivity contribution in [3.8, 4) is 11.5 Å². The standard InChI is InChI=1S/C34H29Cl2N3O5/c1-38-30(18-22-10-15-27(16-11-22)44-21-24-6-4-3-5-7-24)31(19-23-8-13-26(43-2)14-9-23)39(34(41)42)33(38)37-32(40)28-17-12-25(35)20-29(28)36/h3-17,19-20,30H,18,21H2,1-2H3,(H,41,42). The maximum Gasteiger partial charge on any atom is 0.418 e. The average Bonchev–Trinajstić information content (AvgIpc) is 3.27. The number of benzene rings is 4. The summed E-state index contributed by atoms with van der Waals surface area (Å²) in [5, 5.41) is 10.9. The molecule has 1 heterocycles. The zero-order valence-electron chi connectivity index (χ0n) is 24.0. The maximum absolute atomic E-state index is 13.2. The van der Waals surface area contributed by atoms with Gasteiger partial charge in [0, 0.05) is 12.1 Å². The largest absolute Gasteiger partial charge is 0.497 e. The molecule has 1 atom stereocenters. The summed E-state index contributed by atoms with van der Waals surface area (Å²) in [6.07, 6.45) is 0.919. The number of likely N-dealkylation sites (N-methyl/N-ethyl adjacent to an activating group) is 1. The summed E-state index contributed by atoms with van der Waals surface area (Å²) in [6, 6.07) is 28.7. The van der Waals surface area contributed by atoms with Crippen LogP contribution in [0.2, 0.25) is 10.0 Å². The first-order chi connectivity index (χ1) is 21.2. The third-order valence-electron chi connectivity index (χ3n) is 7.17. The molecule has 10 heteroatoms. The van der Waals surface area contributed by atoms with Gasteiger partial charge in [-0.3, -0.25) is 4.79 Å². The van der Waals surface area contributed by atoms with Crippen LogP contribution in [0.15, 0.2) is 108 Å². The number of nitrogens with zero attached hydrogens (tertiary/aromatic N) is 3. The van der Waals surface area contributed by atoms with E-state index in [9.17, 15) is 14.7 Å². The van der Waals surface area contributed by atoms with E-state index in [-0.39, 0.29) is 16.5 Å². The smallest absolute Gasteiger partial charge is 0.418 e. The number of rotatable bonds is 8. The maximum atomic E-state index is 13.2. The van der Waals surface area contributed by atoms with Crippen molar-refractivity contribution < 1.29 is 24.2 Å². The van der Waals surface area contributed by atoms with Crippen LogP contribution >= 0.6 is 23.2 Å². The zero-order chi connectivity index (χ0) is 31.2. The van der Waals surface area contributed by atoms with Crippen LogP contribution in [0.3, 0.4) is 0 Å². The summed E-state index contributed by atoms with van der Waals surface area (Å²) in [5.41, 5.74) is 3.30. The monoisotopic (exact) mass is 629 g/mol. The van der Waals surface area contributed by atoms with Crippen molar-refractivity contribution >= 4 is 47.2 Å². The highest BCUT2D eigenvalue weighted by Crippen LogP contribution is 2.32. The van der Waals surface area contributed by atoms with Crippen LogP contribution < -0.4 is 9.47 Å². The van der Waals surface area contributed by atoms with E-state index in [1.54, 1.807) is 37.3 Å². The molecule has 1 fully saturated rings. The Bertz CT molecular complexity index is 1710. The van der Waals surface area contributed by atoms with Gasteiger partial charge in [0.15, 0.2) is 0 Å². The van der Waals surface area contributed by atoms with Gasteiger partial charge in [-0.15, -0.1) is 0 Å². The van der Waals surface area contributed by atoms with Gasteiger partial charge in [0.05, 0.1) is 29.4 Å². The van der Waals surface area contributed by atoms with E-state index in [0.717, 1.165) is 21.6 Å². The first-order valence-corrected chi connectivity index (χ1v) is 14.4. The number of aliphatic imine (C=N–C) groups is 1. The van der Waals surface area contributed by atoms with Crippen LogP contribution in [-0.2, 0) is 13.0 Å². The Kier molecular flexibility index (Phi) is 9.53. The average molecular weight is 631 g/mol. The van der Waals surface area contributed by atoms with E-state index in [4.69, 9.17) is 32.7 Å². The Morgan fingerprint density at radius 3 is 2.23 bits per heavy atom. The lowest BCUT2D eigenvalue weighted by atomic mass is 10.0. The molecule has 8 nitrogen and oxygen atoms in total. The third-order valence-corrected chi connectivity index (χ3v) is 7.72. The lowest BCUT2D eigenvalue weighted by Gasteiger charge is -2.20. The number of hydrogen-bond donors (Lipinski definition) is 1. The zero-order valence-corrected chi connectivity index (χ0v) is 25.5. The van der Waals surface area contributed by atoms with Gasteiger partial charge in [-0.1, -0.05) is 77.8 Å². The van der Waals surface area contributed by atoms with Gasteiger partial charge in [-0.2, -0.15) is 4.99 Å². The second-order valence-corrected chi connectivity index (χ2v) is 10.9. The summed E-state index contributed by atoms with van der Waals surface area (Å²) in [6.45, 7) is 0.444. The van der Waals surface area contributed by atoms with Crippen LogP contribution in [0, 0.1) is 0 Å². The minimum atomic E-state index is -1.28. The second-order valence-electron chi connectivity index (χ2n) is 10.1. The predicted octanol–water partition coefficient (Wildman–Crippen LogP) is 7.66. The molecule has 1 unspecified atom stereocenters. The van der Waals surface area contributed by atoms with Gasteiger partial charge in [-0.05, 0) is 71.7 Å². The molecule has 1 saturated heterocycles. The van der Waals surface area contributed by atoms with Gasteiger partial charge in [0.25, 0.3) is 5.91 Å². The highest BCUT2D eigenvalue weighted by atomic mass is 35.5. The Morgan fingerprint density at radius 2 is 1.59 bits per heavy atom. The minimum absolute atomic E-state index is 0.0407. The number of carboxylic acid groups (broad SMARTS) is 1. The molecule has 0 aliphatic carbocycles. The molecule has 4 aromatic rings. The van der Waals surface area contributed by atoms with Gasteiger partial charge >= 0.3 is 6.09 Å². The molecule has 1 aliphatic heterocycles. The summed E-state index contributed by atoms with van der Waals surface area (Å²) in [4.78, 5) is 32.9. The normalized spacial score (nSPS) is 16.4. The number of carbonyl (C=O) groups is 2. The molecule has 0 spiro atoms. The van der Waals surface area contributed by atoms with Gasteiger partial charge in [-0.25, -0.2) is 9.69 Å². The third kappa shape index (κ3) is 7.05. The molecule has 5 rings (SSSR count). The van der Waals surface area contributed by atoms with Gasteiger partial charge < -0.3 is 19.5 Å². The second kappa shape index (κ2) is 13.7. The van der Waals surface area contributed by atoms with Gasteiger partial charge in [0.2, 0.25) is 5.96 Å². The molecule has 0 radical (unpaired) electrons.